The molecule has 5 nitrogen and oxygen atoms in total. The Morgan fingerprint density at radius 1 is 1.08 bits per heavy atom. The molecule has 0 bridgehead atoms. The van der Waals surface area contributed by atoms with Crippen molar-refractivity contribution >= 4 is 23.1 Å². The second-order valence-corrected chi connectivity index (χ2v) is 5.67. The van der Waals surface area contributed by atoms with Crippen LogP contribution in [0.4, 0.5) is 4.79 Å². The van der Waals surface area contributed by atoms with Gasteiger partial charge in [-0.25, -0.2) is 4.79 Å². The molecule has 2 N–H and O–H groups in total. The minimum absolute atomic E-state index is 0.168. The maximum atomic E-state index is 11.2. The highest BCUT2D eigenvalue weighted by Gasteiger charge is 2.20. The normalized spacial score (nSPS) is 10.6. The van der Waals surface area contributed by atoms with Crippen molar-refractivity contribution in [3.05, 3.63) is 59.8 Å². The number of hydrogen-bond acceptors (Lipinski definition) is 3. The molecule has 0 radical (unpaired) electrons. The minimum atomic E-state index is -1.35. The molecule has 0 aliphatic carbocycles. The smallest absolute Gasteiger partial charge is 0.508 e. The van der Waals surface area contributed by atoms with Crippen LogP contribution in [0.25, 0.3) is 22.7 Å². The molecule has 0 fully saturated rings. The fraction of sp³-hybridized carbons (Fsp3) is 0.105. The highest BCUT2D eigenvalue weighted by Crippen LogP contribution is 2.37. The predicted molar refractivity (Wildman–Crippen MR) is 92.9 cm³/mol. The van der Waals surface area contributed by atoms with E-state index in [4.69, 9.17) is 9.84 Å². The zero-order valence-electron chi connectivity index (χ0n) is 13.4. The van der Waals surface area contributed by atoms with Gasteiger partial charge in [-0.1, -0.05) is 17.7 Å². The Morgan fingerprint density at radius 3 is 2.38 bits per heavy atom. The Hall–Kier alpha value is -3.21. The fourth-order valence-corrected chi connectivity index (χ4v) is 2.71. The van der Waals surface area contributed by atoms with Crippen molar-refractivity contribution in [3.8, 4) is 17.2 Å². The van der Waals surface area contributed by atoms with Gasteiger partial charge >= 0.3 is 6.16 Å². The number of carbonyl (C=O) groups is 1. The molecular weight excluding hydrogens is 306 g/mol. The third-order valence-electron chi connectivity index (χ3n) is 3.59. The van der Waals surface area contributed by atoms with Crippen LogP contribution < -0.4 is 4.74 Å². The first kappa shape index (κ1) is 15.7. The Bertz CT molecular complexity index is 932. The lowest BCUT2D eigenvalue weighted by Gasteiger charge is -2.10. The Morgan fingerprint density at radius 2 is 1.75 bits per heavy atom. The average Bonchev–Trinajstić information content (AvgIpc) is 2.81. The number of rotatable bonds is 3. The third kappa shape index (κ3) is 2.84. The van der Waals surface area contributed by atoms with Crippen LogP contribution in [0.5, 0.6) is 11.5 Å². The number of ether oxygens (including phenoxy) is 1. The molecule has 0 aliphatic heterocycles. The summed E-state index contributed by atoms with van der Waals surface area (Å²) >= 11 is 0. The summed E-state index contributed by atoms with van der Waals surface area (Å²) in [5.41, 5.74) is 3.28. The average molecular weight is 323 g/mol. The molecule has 3 aromatic rings. The first-order valence-corrected chi connectivity index (χ1v) is 7.46. The lowest BCUT2D eigenvalue weighted by molar-refractivity contribution is 0.145. The number of phenolic OH excluding ortho intramolecular Hbond substituents is 1. The van der Waals surface area contributed by atoms with Crippen LogP contribution in [0.1, 0.15) is 19.5 Å². The van der Waals surface area contributed by atoms with Crippen molar-refractivity contribution in [2.45, 2.75) is 13.8 Å². The van der Waals surface area contributed by atoms with E-state index < -0.39 is 6.16 Å². The molecule has 5 heteroatoms. The van der Waals surface area contributed by atoms with Crippen LogP contribution >= 0.6 is 0 Å². The van der Waals surface area contributed by atoms with Gasteiger partial charge in [-0.3, -0.25) is 0 Å². The molecular formula is C19H17NO4. The van der Waals surface area contributed by atoms with Crippen LogP contribution in [0.2, 0.25) is 0 Å². The quantitative estimate of drug-likeness (QED) is 0.678. The number of phenols is 1. The van der Waals surface area contributed by atoms with Gasteiger partial charge in [-0.15, -0.1) is 0 Å². The molecule has 1 heterocycles. The van der Waals surface area contributed by atoms with E-state index in [1.165, 1.54) is 0 Å². The van der Waals surface area contributed by atoms with Gasteiger partial charge in [-0.2, -0.15) is 0 Å². The van der Waals surface area contributed by atoms with Gasteiger partial charge in [0.1, 0.15) is 5.75 Å². The molecule has 122 valence electrons. The highest BCUT2D eigenvalue weighted by molar-refractivity contribution is 5.94. The zero-order chi connectivity index (χ0) is 17.3. The fourth-order valence-electron chi connectivity index (χ4n) is 2.71. The molecule has 2 aromatic carbocycles. The molecule has 0 atom stereocenters. The number of fused-ring (bicyclic) bond motifs is 1. The first-order valence-electron chi connectivity index (χ1n) is 7.46. The van der Waals surface area contributed by atoms with Crippen molar-refractivity contribution in [2.75, 3.05) is 0 Å². The van der Waals surface area contributed by atoms with Crippen LogP contribution in [-0.4, -0.2) is 20.9 Å². The number of carboxylic acid groups (broad SMARTS) is 1. The van der Waals surface area contributed by atoms with E-state index in [0.29, 0.717) is 16.8 Å². The molecule has 3 rings (SSSR count). The molecule has 24 heavy (non-hydrogen) atoms. The number of nitrogens with zero attached hydrogens (tertiary/aromatic N) is 1. The summed E-state index contributed by atoms with van der Waals surface area (Å²) in [4.78, 5) is 11.2. The first-order chi connectivity index (χ1) is 11.5. The van der Waals surface area contributed by atoms with Gasteiger partial charge in [0.25, 0.3) is 0 Å². The SMILES string of the molecule is CC(C)=Cc1c(OC(=O)O)c2ccccc2n1-c1ccc(O)cc1. The molecule has 0 amide bonds. The van der Waals surface area contributed by atoms with Gasteiger partial charge in [0.05, 0.1) is 11.2 Å². The number of aromatic hydroxyl groups is 1. The Balaban J connectivity index is 2.39. The van der Waals surface area contributed by atoms with Gasteiger partial charge in [0, 0.05) is 11.1 Å². The number of allylic oxidation sites excluding steroid dienone is 1. The van der Waals surface area contributed by atoms with Crippen molar-refractivity contribution in [2.24, 2.45) is 0 Å². The number of hydrogen-bond donors (Lipinski definition) is 2. The van der Waals surface area contributed by atoms with Crippen molar-refractivity contribution in [1.82, 2.24) is 4.57 Å². The van der Waals surface area contributed by atoms with E-state index in [-0.39, 0.29) is 5.75 Å². The number of aromatic nitrogens is 1. The zero-order valence-corrected chi connectivity index (χ0v) is 13.4. The maximum absolute atomic E-state index is 11.2. The second-order valence-electron chi connectivity index (χ2n) is 5.67. The summed E-state index contributed by atoms with van der Waals surface area (Å²) in [5, 5.41) is 19.4. The summed E-state index contributed by atoms with van der Waals surface area (Å²) in [6.45, 7) is 3.87. The van der Waals surface area contributed by atoms with E-state index in [1.54, 1.807) is 24.3 Å². The summed E-state index contributed by atoms with van der Waals surface area (Å²) in [5.74, 6) is 0.466. The standard InChI is InChI=1S/C19H17NO4/c1-12(2)11-17-18(24-19(22)23)15-5-3-4-6-16(15)20(17)13-7-9-14(21)10-8-13/h3-11,21H,1-2H3,(H,22,23). The van der Waals surface area contributed by atoms with E-state index in [9.17, 15) is 9.90 Å². The second kappa shape index (κ2) is 6.12. The van der Waals surface area contributed by atoms with Crippen LogP contribution in [0.3, 0.4) is 0 Å². The Kier molecular flexibility index (Phi) is 4.00. The lowest BCUT2D eigenvalue weighted by Crippen LogP contribution is -2.05. The molecule has 0 aliphatic rings. The van der Waals surface area contributed by atoms with Crippen molar-refractivity contribution < 1.29 is 19.7 Å². The summed E-state index contributed by atoms with van der Waals surface area (Å²) in [7, 11) is 0. The van der Waals surface area contributed by atoms with Crippen LogP contribution in [-0.2, 0) is 0 Å². The molecule has 0 saturated heterocycles. The van der Waals surface area contributed by atoms with Crippen LogP contribution in [0.15, 0.2) is 54.1 Å². The van der Waals surface area contributed by atoms with Gasteiger partial charge in [0.2, 0.25) is 0 Å². The van der Waals surface area contributed by atoms with Gasteiger partial charge in [0.15, 0.2) is 5.75 Å². The maximum Gasteiger partial charge on any atom is 0.511 e. The lowest BCUT2D eigenvalue weighted by atomic mass is 10.2. The molecule has 0 spiro atoms. The summed E-state index contributed by atoms with van der Waals surface area (Å²) in [6, 6.07) is 14.2. The molecule has 0 unspecified atom stereocenters. The number of benzene rings is 2. The van der Waals surface area contributed by atoms with E-state index in [1.807, 2.05) is 48.8 Å². The molecule has 1 aromatic heterocycles. The topological polar surface area (TPSA) is 71.7 Å². The summed E-state index contributed by atoms with van der Waals surface area (Å²) < 4.78 is 7.00. The van der Waals surface area contributed by atoms with E-state index in [2.05, 4.69) is 0 Å². The largest absolute Gasteiger partial charge is 0.511 e. The van der Waals surface area contributed by atoms with Crippen molar-refractivity contribution in [1.29, 1.82) is 0 Å². The van der Waals surface area contributed by atoms with Crippen molar-refractivity contribution in [3.63, 3.8) is 0 Å². The highest BCUT2D eigenvalue weighted by atomic mass is 16.7. The third-order valence-corrected chi connectivity index (χ3v) is 3.59. The van der Waals surface area contributed by atoms with E-state index >= 15 is 0 Å². The van der Waals surface area contributed by atoms with Gasteiger partial charge < -0.3 is 19.5 Å². The molecule has 0 saturated carbocycles. The van der Waals surface area contributed by atoms with Crippen LogP contribution in [0, 0.1) is 0 Å². The summed E-state index contributed by atoms with van der Waals surface area (Å²) in [6.07, 6.45) is 0.525. The minimum Gasteiger partial charge on any atom is -0.508 e. The monoisotopic (exact) mass is 323 g/mol. The Labute approximate surface area is 139 Å². The van der Waals surface area contributed by atoms with Gasteiger partial charge in [-0.05, 0) is 56.3 Å². The predicted octanol–water partition coefficient (Wildman–Crippen LogP) is 4.82. The number of para-hydroxylation sites is 1. The van der Waals surface area contributed by atoms with E-state index in [0.717, 1.165) is 16.8 Å².